The summed E-state index contributed by atoms with van der Waals surface area (Å²) in [6.07, 6.45) is 0. The van der Waals surface area contributed by atoms with Crippen molar-refractivity contribution in [3.05, 3.63) is 101 Å². The molecule has 0 N–H and O–H groups in total. The van der Waals surface area contributed by atoms with Gasteiger partial charge in [-0.2, -0.15) is 0 Å². The van der Waals surface area contributed by atoms with E-state index in [0.29, 0.717) is 21.7 Å². The standard InChI is InChI=1S/C20H13ClO2S/c21-15-12-10-14(11-13-15)19(22)17-8-4-5-9-18(17)20(23)24-16-6-2-1-3-7-16/h1-13H. The molecule has 0 atom stereocenters. The lowest BCUT2D eigenvalue weighted by molar-refractivity contribution is 0.102. The molecular formula is C20H13ClO2S. The van der Waals surface area contributed by atoms with Gasteiger partial charge >= 0.3 is 0 Å². The Hall–Kier alpha value is -2.36. The van der Waals surface area contributed by atoms with Crippen molar-refractivity contribution >= 4 is 34.3 Å². The van der Waals surface area contributed by atoms with Gasteiger partial charge in [0.25, 0.3) is 0 Å². The van der Waals surface area contributed by atoms with Crippen LogP contribution in [-0.2, 0) is 0 Å². The van der Waals surface area contributed by atoms with Crippen LogP contribution in [-0.4, -0.2) is 10.9 Å². The zero-order valence-corrected chi connectivity index (χ0v) is 14.2. The number of rotatable bonds is 4. The summed E-state index contributed by atoms with van der Waals surface area (Å²) in [7, 11) is 0. The number of carbonyl (C=O) groups is 2. The fraction of sp³-hybridized carbons (Fsp3) is 0. The van der Waals surface area contributed by atoms with Gasteiger partial charge in [0.05, 0.1) is 0 Å². The first-order chi connectivity index (χ1) is 11.6. The van der Waals surface area contributed by atoms with Crippen LogP contribution in [0.25, 0.3) is 0 Å². The summed E-state index contributed by atoms with van der Waals surface area (Å²) in [5.41, 5.74) is 1.31. The van der Waals surface area contributed by atoms with Crippen LogP contribution in [0.5, 0.6) is 0 Å². The molecule has 0 amide bonds. The third-order valence-electron chi connectivity index (χ3n) is 3.45. The molecule has 0 aliphatic heterocycles. The van der Waals surface area contributed by atoms with E-state index in [4.69, 9.17) is 11.6 Å². The minimum Gasteiger partial charge on any atom is -0.289 e. The van der Waals surface area contributed by atoms with Gasteiger partial charge in [0, 0.05) is 26.6 Å². The topological polar surface area (TPSA) is 34.1 Å². The monoisotopic (exact) mass is 352 g/mol. The maximum Gasteiger partial charge on any atom is 0.224 e. The van der Waals surface area contributed by atoms with Crippen LogP contribution in [0.4, 0.5) is 0 Å². The van der Waals surface area contributed by atoms with Gasteiger partial charge in [0.1, 0.15) is 0 Å². The second-order valence-electron chi connectivity index (χ2n) is 5.08. The van der Waals surface area contributed by atoms with E-state index in [9.17, 15) is 9.59 Å². The molecule has 4 heteroatoms. The van der Waals surface area contributed by atoms with Gasteiger partial charge in [-0.25, -0.2) is 0 Å². The van der Waals surface area contributed by atoms with Gasteiger partial charge in [-0.1, -0.05) is 48.0 Å². The SMILES string of the molecule is O=C(Sc1ccccc1)c1ccccc1C(=O)c1ccc(Cl)cc1. The lowest BCUT2D eigenvalue weighted by Crippen LogP contribution is -2.08. The van der Waals surface area contributed by atoms with Crippen molar-refractivity contribution in [3.8, 4) is 0 Å². The van der Waals surface area contributed by atoms with Crippen LogP contribution in [0.3, 0.4) is 0 Å². The van der Waals surface area contributed by atoms with Crippen molar-refractivity contribution < 1.29 is 9.59 Å². The van der Waals surface area contributed by atoms with Gasteiger partial charge in [-0.05, 0) is 54.2 Å². The highest BCUT2D eigenvalue weighted by atomic mass is 35.5. The molecule has 24 heavy (non-hydrogen) atoms. The Morgan fingerprint density at radius 2 is 1.29 bits per heavy atom. The summed E-state index contributed by atoms with van der Waals surface area (Å²) >= 11 is 6.98. The Labute approximate surface area is 149 Å². The third-order valence-corrected chi connectivity index (χ3v) is 4.62. The molecule has 118 valence electrons. The molecule has 0 aliphatic carbocycles. The van der Waals surface area contributed by atoms with Crippen molar-refractivity contribution in [3.63, 3.8) is 0 Å². The van der Waals surface area contributed by atoms with E-state index in [1.807, 2.05) is 30.3 Å². The number of benzene rings is 3. The number of ketones is 1. The summed E-state index contributed by atoms with van der Waals surface area (Å²) in [5.74, 6) is -0.190. The molecule has 0 heterocycles. The second-order valence-corrected chi connectivity index (χ2v) is 6.57. The average molecular weight is 353 g/mol. The van der Waals surface area contributed by atoms with E-state index in [0.717, 1.165) is 16.7 Å². The molecule has 2 nitrogen and oxygen atoms in total. The molecule has 0 fully saturated rings. The highest BCUT2D eigenvalue weighted by Crippen LogP contribution is 2.25. The van der Waals surface area contributed by atoms with Crippen molar-refractivity contribution in [1.29, 1.82) is 0 Å². The van der Waals surface area contributed by atoms with Gasteiger partial charge in [0.2, 0.25) is 5.12 Å². The van der Waals surface area contributed by atoms with E-state index in [1.165, 1.54) is 0 Å². The maximum absolute atomic E-state index is 12.7. The van der Waals surface area contributed by atoms with Crippen molar-refractivity contribution in [2.24, 2.45) is 0 Å². The first-order valence-electron chi connectivity index (χ1n) is 7.31. The first kappa shape index (κ1) is 16.5. The molecule has 0 unspecified atom stereocenters. The fourth-order valence-corrected chi connectivity index (χ4v) is 3.19. The number of carbonyl (C=O) groups excluding carboxylic acids is 2. The van der Waals surface area contributed by atoms with Crippen molar-refractivity contribution in [2.45, 2.75) is 4.90 Å². The van der Waals surface area contributed by atoms with Gasteiger partial charge in [-0.15, -0.1) is 0 Å². The Balaban J connectivity index is 1.91. The lowest BCUT2D eigenvalue weighted by atomic mass is 9.99. The molecule has 3 aromatic carbocycles. The summed E-state index contributed by atoms with van der Waals surface area (Å²) in [4.78, 5) is 26.2. The second kappa shape index (κ2) is 7.47. The van der Waals surface area contributed by atoms with Crippen LogP contribution in [0, 0.1) is 0 Å². The van der Waals surface area contributed by atoms with Crippen LogP contribution in [0.15, 0.2) is 83.8 Å². The van der Waals surface area contributed by atoms with Crippen LogP contribution < -0.4 is 0 Å². The Morgan fingerprint density at radius 1 is 0.708 bits per heavy atom. The molecule has 0 saturated heterocycles. The van der Waals surface area contributed by atoms with Gasteiger partial charge in [-0.3, -0.25) is 9.59 Å². The van der Waals surface area contributed by atoms with Gasteiger partial charge < -0.3 is 0 Å². The summed E-state index contributed by atoms with van der Waals surface area (Å²) in [6, 6.07) is 22.9. The van der Waals surface area contributed by atoms with Crippen molar-refractivity contribution in [2.75, 3.05) is 0 Å². The summed E-state index contributed by atoms with van der Waals surface area (Å²) < 4.78 is 0. The van der Waals surface area contributed by atoms with Crippen LogP contribution >= 0.6 is 23.4 Å². The molecule has 0 aliphatic rings. The van der Waals surface area contributed by atoms with Crippen LogP contribution in [0.2, 0.25) is 5.02 Å². The number of hydrogen-bond donors (Lipinski definition) is 0. The van der Waals surface area contributed by atoms with Crippen molar-refractivity contribution in [1.82, 2.24) is 0 Å². The van der Waals surface area contributed by atoms with E-state index in [-0.39, 0.29) is 10.9 Å². The highest BCUT2D eigenvalue weighted by Gasteiger charge is 2.18. The molecular weight excluding hydrogens is 340 g/mol. The predicted octanol–water partition coefficient (Wildman–Crippen LogP) is 5.50. The summed E-state index contributed by atoms with van der Waals surface area (Å²) in [6.45, 7) is 0. The fourth-order valence-electron chi connectivity index (χ4n) is 2.27. The normalized spacial score (nSPS) is 10.4. The number of hydrogen-bond acceptors (Lipinski definition) is 3. The minimum absolute atomic E-state index is 0.154. The molecule has 0 bridgehead atoms. The Morgan fingerprint density at radius 3 is 1.96 bits per heavy atom. The minimum atomic E-state index is -0.190. The number of halogens is 1. The molecule has 0 radical (unpaired) electrons. The lowest BCUT2D eigenvalue weighted by Gasteiger charge is -2.08. The molecule has 0 saturated carbocycles. The smallest absolute Gasteiger partial charge is 0.224 e. The Kier molecular flexibility index (Phi) is 5.14. The zero-order valence-electron chi connectivity index (χ0n) is 12.6. The largest absolute Gasteiger partial charge is 0.289 e. The van der Waals surface area contributed by atoms with Gasteiger partial charge in [0.15, 0.2) is 5.78 Å². The van der Waals surface area contributed by atoms with E-state index < -0.39 is 0 Å². The third kappa shape index (κ3) is 3.75. The summed E-state index contributed by atoms with van der Waals surface area (Å²) in [5, 5.41) is 0.412. The quantitative estimate of drug-likeness (QED) is 0.459. The Bertz CT molecular complexity index is 874. The van der Waals surface area contributed by atoms with E-state index in [1.54, 1.807) is 48.5 Å². The van der Waals surface area contributed by atoms with E-state index >= 15 is 0 Å². The average Bonchev–Trinajstić information content (AvgIpc) is 2.62. The zero-order chi connectivity index (χ0) is 16.9. The molecule has 3 aromatic rings. The molecule has 0 spiro atoms. The predicted molar refractivity (Wildman–Crippen MR) is 98.0 cm³/mol. The number of thioether (sulfide) groups is 1. The highest BCUT2D eigenvalue weighted by molar-refractivity contribution is 8.14. The maximum atomic E-state index is 12.7. The van der Waals surface area contributed by atoms with E-state index in [2.05, 4.69) is 0 Å². The molecule has 0 aromatic heterocycles. The first-order valence-corrected chi connectivity index (χ1v) is 8.51. The molecule has 3 rings (SSSR count). The van der Waals surface area contributed by atoms with Crippen LogP contribution in [0.1, 0.15) is 26.3 Å².